The van der Waals surface area contributed by atoms with Crippen LogP contribution in [0, 0.1) is 0 Å². The molecule has 5 nitrogen and oxygen atoms in total. The minimum Gasteiger partial charge on any atom is -0.350 e. The molecule has 0 heterocycles. The van der Waals surface area contributed by atoms with E-state index in [0.717, 1.165) is 12.8 Å². The average Bonchev–Trinajstić information content (AvgIpc) is 2.75. The second-order valence-corrected chi connectivity index (χ2v) is 9.10. The standard InChI is InChI=1S/C23H23ClN2O3S/c1-17(12-13-18-8-4-2-5-9-18)25-23(27)19-14-15-22(21(24)16-19)26-30(28,29)20-10-6-3-7-11-20/h2-11,14-17,26H,12-13H2,1H3,(H,25,27). The molecule has 3 aromatic carbocycles. The maximum atomic E-state index is 12.5. The zero-order valence-electron chi connectivity index (χ0n) is 16.5. The van der Waals surface area contributed by atoms with Crippen molar-refractivity contribution in [2.75, 3.05) is 4.72 Å². The largest absolute Gasteiger partial charge is 0.350 e. The van der Waals surface area contributed by atoms with E-state index in [1.165, 1.54) is 29.8 Å². The first-order valence-corrected chi connectivity index (χ1v) is 11.4. The zero-order valence-corrected chi connectivity index (χ0v) is 18.1. The van der Waals surface area contributed by atoms with E-state index in [-0.39, 0.29) is 27.6 Å². The lowest BCUT2D eigenvalue weighted by molar-refractivity contribution is 0.0938. The van der Waals surface area contributed by atoms with Crippen molar-refractivity contribution in [2.45, 2.75) is 30.7 Å². The molecule has 0 aliphatic rings. The van der Waals surface area contributed by atoms with Crippen LogP contribution in [0.1, 0.15) is 29.3 Å². The van der Waals surface area contributed by atoms with Gasteiger partial charge >= 0.3 is 0 Å². The number of amides is 1. The number of benzene rings is 3. The van der Waals surface area contributed by atoms with Gasteiger partial charge in [-0.15, -0.1) is 0 Å². The van der Waals surface area contributed by atoms with Gasteiger partial charge in [-0.25, -0.2) is 8.42 Å². The van der Waals surface area contributed by atoms with Crippen LogP contribution in [-0.4, -0.2) is 20.4 Å². The molecular formula is C23H23ClN2O3S. The summed E-state index contributed by atoms with van der Waals surface area (Å²) in [4.78, 5) is 12.7. The molecule has 2 N–H and O–H groups in total. The summed E-state index contributed by atoms with van der Waals surface area (Å²) in [6.07, 6.45) is 1.67. The highest BCUT2D eigenvalue weighted by molar-refractivity contribution is 7.92. The summed E-state index contributed by atoms with van der Waals surface area (Å²) >= 11 is 6.24. The number of carbonyl (C=O) groups excluding carboxylic acids is 1. The molecule has 0 fully saturated rings. The van der Waals surface area contributed by atoms with Gasteiger partial charge in [-0.3, -0.25) is 9.52 Å². The molecule has 0 aromatic heterocycles. The van der Waals surface area contributed by atoms with Crippen LogP contribution in [0.25, 0.3) is 0 Å². The van der Waals surface area contributed by atoms with Crippen LogP contribution in [0.3, 0.4) is 0 Å². The van der Waals surface area contributed by atoms with Gasteiger partial charge in [-0.2, -0.15) is 0 Å². The number of anilines is 1. The number of hydrogen-bond donors (Lipinski definition) is 2. The van der Waals surface area contributed by atoms with Crippen molar-refractivity contribution in [2.24, 2.45) is 0 Å². The number of nitrogens with one attached hydrogen (secondary N) is 2. The molecule has 1 amide bonds. The first kappa shape index (κ1) is 21.9. The van der Waals surface area contributed by atoms with Crippen LogP contribution < -0.4 is 10.0 Å². The first-order chi connectivity index (χ1) is 14.3. The molecule has 7 heteroatoms. The van der Waals surface area contributed by atoms with E-state index in [0.29, 0.717) is 5.56 Å². The summed E-state index contributed by atoms with van der Waals surface area (Å²) in [6.45, 7) is 1.95. The number of carbonyl (C=O) groups is 1. The Bertz CT molecular complexity index is 1100. The summed E-state index contributed by atoms with van der Waals surface area (Å²) in [5, 5.41) is 3.10. The van der Waals surface area contributed by atoms with Gasteiger partial charge in [0, 0.05) is 11.6 Å². The third-order valence-electron chi connectivity index (χ3n) is 4.62. The van der Waals surface area contributed by atoms with Crippen molar-refractivity contribution in [3.05, 3.63) is 95.0 Å². The Kier molecular flexibility index (Phi) is 7.13. The third-order valence-corrected chi connectivity index (χ3v) is 6.31. The fourth-order valence-corrected chi connectivity index (χ4v) is 4.33. The average molecular weight is 443 g/mol. The van der Waals surface area contributed by atoms with E-state index in [1.54, 1.807) is 24.3 Å². The Morgan fingerprint density at radius 2 is 1.60 bits per heavy atom. The summed E-state index contributed by atoms with van der Waals surface area (Å²) in [5.74, 6) is -0.255. The molecule has 0 saturated heterocycles. The van der Waals surface area contributed by atoms with Crippen LogP contribution in [-0.2, 0) is 16.4 Å². The highest BCUT2D eigenvalue weighted by Gasteiger charge is 2.17. The molecule has 0 aliphatic heterocycles. The molecule has 0 radical (unpaired) electrons. The number of halogens is 1. The number of hydrogen-bond acceptors (Lipinski definition) is 3. The van der Waals surface area contributed by atoms with Gasteiger partial charge in [0.2, 0.25) is 0 Å². The topological polar surface area (TPSA) is 75.3 Å². The summed E-state index contributed by atoms with van der Waals surface area (Å²) in [5.41, 5.74) is 1.81. The van der Waals surface area contributed by atoms with Crippen LogP contribution in [0.15, 0.2) is 83.8 Å². The van der Waals surface area contributed by atoms with Crippen molar-refractivity contribution in [1.82, 2.24) is 5.32 Å². The SMILES string of the molecule is CC(CCc1ccccc1)NC(=O)c1ccc(NS(=O)(=O)c2ccccc2)c(Cl)c1. The lowest BCUT2D eigenvalue weighted by Gasteiger charge is -2.15. The fourth-order valence-electron chi connectivity index (χ4n) is 2.95. The van der Waals surface area contributed by atoms with Crippen molar-refractivity contribution < 1.29 is 13.2 Å². The molecule has 30 heavy (non-hydrogen) atoms. The predicted octanol–water partition coefficient (Wildman–Crippen LogP) is 4.89. The van der Waals surface area contributed by atoms with Crippen LogP contribution in [0.4, 0.5) is 5.69 Å². The van der Waals surface area contributed by atoms with Crippen LogP contribution >= 0.6 is 11.6 Å². The monoisotopic (exact) mass is 442 g/mol. The summed E-state index contributed by atoms with van der Waals surface area (Å²) in [6, 6.07) is 22.6. The Morgan fingerprint density at radius 1 is 0.967 bits per heavy atom. The number of rotatable bonds is 8. The zero-order chi connectivity index (χ0) is 21.6. The number of aryl methyl sites for hydroxylation is 1. The quantitative estimate of drug-likeness (QED) is 0.521. The molecule has 3 aromatic rings. The van der Waals surface area contributed by atoms with Crippen molar-refractivity contribution in [3.63, 3.8) is 0 Å². The van der Waals surface area contributed by atoms with Crippen molar-refractivity contribution in [1.29, 1.82) is 0 Å². The van der Waals surface area contributed by atoms with Crippen LogP contribution in [0.2, 0.25) is 5.02 Å². The molecule has 0 bridgehead atoms. The van der Waals surface area contributed by atoms with Gasteiger partial charge in [-0.1, -0.05) is 60.1 Å². The Morgan fingerprint density at radius 3 is 2.23 bits per heavy atom. The fraction of sp³-hybridized carbons (Fsp3) is 0.174. The highest BCUT2D eigenvalue weighted by Crippen LogP contribution is 2.26. The van der Waals surface area contributed by atoms with Gasteiger partial charge in [0.25, 0.3) is 15.9 Å². The number of sulfonamides is 1. The van der Waals surface area contributed by atoms with Gasteiger partial charge in [0.05, 0.1) is 15.6 Å². The Balaban J connectivity index is 1.62. The normalized spacial score (nSPS) is 12.2. The highest BCUT2D eigenvalue weighted by atomic mass is 35.5. The molecule has 0 saturated carbocycles. The van der Waals surface area contributed by atoms with E-state index < -0.39 is 10.0 Å². The molecule has 156 valence electrons. The Hall–Kier alpha value is -2.83. The molecule has 3 rings (SSSR count). The van der Waals surface area contributed by atoms with E-state index in [1.807, 2.05) is 25.1 Å². The lowest BCUT2D eigenvalue weighted by Crippen LogP contribution is -2.32. The molecule has 1 unspecified atom stereocenters. The molecule has 0 spiro atoms. The molecule has 1 atom stereocenters. The van der Waals surface area contributed by atoms with E-state index >= 15 is 0 Å². The minimum absolute atomic E-state index is 0.0206. The first-order valence-electron chi connectivity index (χ1n) is 9.57. The van der Waals surface area contributed by atoms with Gasteiger partial charge in [0.15, 0.2) is 0 Å². The van der Waals surface area contributed by atoms with Crippen molar-refractivity contribution >= 4 is 33.2 Å². The predicted molar refractivity (Wildman–Crippen MR) is 120 cm³/mol. The maximum absolute atomic E-state index is 12.5. The maximum Gasteiger partial charge on any atom is 0.261 e. The second-order valence-electron chi connectivity index (χ2n) is 7.01. The minimum atomic E-state index is -3.76. The van der Waals surface area contributed by atoms with Crippen molar-refractivity contribution in [3.8, 4) is 0 Å². The smallest absolute Gasteiger partial charge is 0.261 e. The van der Waals surface area contributed by atoms with Gasteiger partial charge in [-0.05, 0) is 55.7 Å². The van der Waals surface area contributed by atoms with E-state index in [4.69, 9.17) is 11.6 Å². The van der Waals surface area contributed by atoms with E-state index in [2.05, 4.69) is 22.2 Å². The summed E-state index contributed by atoms with van der Waals surface area (Å²) < 4.78 is 27.4. The lowest BCUT2D eigenvalue weighted by atomic mass is 10.1. The molecule has 0 aliphatic carbocycles. The van der Waals surface area contributed by atoms with Crippen LogP contribution in [0.5, 0.6) is 0 Å². The van der Waals surface area contributed by atoms with E-state index in [9.17, 15) is 13.2 Å². The Labute approximate surface area is 182 Å². The van der Waals surface area contributed by atoms with Gasteiger partial charge in [0.1, 0.15) is 0 Å². The van der Waals surface area contributed by atoms with Gasteiger partial charge < -0.3 is 5.32 Å². The third kappa shape index (κ3) is 5.84. The molecular weight excluding hydrogens is 420 g/mol. The summed E-state index contributed by atoms with van der Waals surface area (Å²) in [7, 11) is -3.76. The second kappa shape index (κ2) is 9.78.